The van der Waals surface area contributed by atoms with Crippen LogP contribution < -0.4 is 5.69 Å². The molecule has 5 heteroatoms. The van der Waals surface area contributed by atoms with Crippen molar-refractivity contribution in [3.63, 3.8) is 0 Å². The van der Waals surface area contributed by atoms with Crippen LogP contribution in [-0.4, -0.2) is 33.4 Å². The molecule has 0 atom stereocenters. The SMILES string of the molecule is CC(C)(C(=O)N1CCC(n2c(=O)[nH]c3ccccc32)CC1)C1CCC1. The number of amides is 1. The summed E-state index contributed by atoms with van der Waals surface area (Å²) in [5.41, 5.74) is 1.56. The number of H-pyrrole nitrogens is 1. The van der Waals surface area contributed by atoms with Crippen LogP contribution in [0.1, 0.15) is 52.0 Å². The highest BCUT2D eigenvalue weighted by Gasteiger charge is 2.42. The number of nitrogens with one attached hydrogen (secondary N) is 1. The summed E-state index contributed by atoms with van der Waals surface area (Å²) in [6, 6.07) is 8.00. The van der Waals surface area contributed by atoms with Crippen LogP contribution in [0.4, 0.5) is 0 Å². The van der Waals surface area contributed by atoms with Crippen molar-refractivity contribution in [2.24, 2.45) is 11.3 Å². The molecule has 134 valence electrons. The third-order valence-corrected chi connectivity index (χ3v) is 6.42. The van der Waals surface area contributed by atoms with Crippen LogP contribution in [0.5, 0.6) is 0 Å². The average molecular weight is 341 g/mol. The van der Waals surface area contributed by atoms with Crippen LogP contribution in [0.15, 0.2) is 29.1 Å². The van der Waals surface area contributed by atoms with Gasteiger partial charge in [-0.05, 0) is 43.7 Å². The van der Waals surface area contributed by atoms with E-state index in [4.69, 9.17) is 0 Å². The number of aromatic nitrogens is 2. The number of likely N-dealkylation sites (tertiary alicyclic amines) is 1. The second kappa shape index (κ2) is 6.04. The molecule has 1 N–H and O–H groups in total. The third kappa shape index (κ3) is 2.70. The van der Waals surface area contributed by atoms with Crippen LogP contribution >= 0.6 is 0 Å². The minimum absolute atomic E-state index is 0.0409. The van der Waals surface area contributed by atoms with Crippen molar-refractivity contribution in [1.29, 1.82) is 0 Å². The molecule has 1 saturated carbocycles. The highest BCUT2D eigenvalue weighted by Crippen LogP contribution is 2.43. The molecule has 0 unspecified atom stereocenters. The fourth-order valence-corrected chi connectivity index (χ4v) is 4.48. The average Bonchev–Trinajstić information content (AvgIpc) is 2.88. The van der Waals surface area contributed by atoms with Gasteiger partial charge in [-0.15, -0.1) is 0 Å². The Kier molecular flexibility index (Phi) is 3.97. The normalized spacial score (nSPS) is 20.0. The fraction of sp³-hybridized carbons (Fsp3) is 0.600. The Bertz CT molecular complexity index is 836. The Morgan fingerprint density at radius 3 is 2.44 bits per heavy atom. The molecule has 4 rings (SSSR count). The van der Waals surface area contributed by atoms with E-state index in [1.165, 1.54) is 19.3 Å². The third-order valence-electron chi connectivity index (χ3n) is 6.42. The van der Waals surface area contributed by atoms with E-state index in [0.717, 1.165) is 37.0 Å². The highest BCUT2D eigenvalue weighted by atomic mass is 16.2. The number of para-hydroxylation sites is 2. The van der Waals surface area contributed by atoms with Gasteiger partial charge in [0.25, 0.3) is 0 Å². The van der Waals surface area contributed by atoms with Gasteiger partial charge < -0.3 is 9.88 Å². The zero-order chi connectivity index (χ0) is 17.6. The van der Waals surface area contributed by atoms with Crippen molar-refractivity contribution in [2.45, 2.75) is 52.0 Å². The maximum absolute atomic E-state index is 13.0. The van der Waals surface area contributed by atoms with Crippen molar-refractivity contribution in [3.05, 3.63) is 34.7 Å². The first-order valence-electron chi connectivity index (χ1n) is 9.47. The number of rotatable bonds is 3. The quantitative estimate of drug-likeness (QED) is 0.931. The molecule has 0 radical (unpaired) electrons. The Balaban J connectivity index is 1.49. The van der Waals surface area contributed by atoms with Crippen molar-refractivity contribution < 1.29 is 4.79 Å². The molecule has 0 spiro atoms. The van der Waals surface area contributed by atoms with Gasteiger partial charge in [0.15, 0.2) is 0 Å². The molecular weight excluding hydrogens is 314 g/mol. The second-order valence-corrected chi connectivity index (χ2v) is 8.19. The van der Waals surface area contributed by atoms with Gasteiger partial charge in [0.1, 0.15) is 0 Å². The molecule has 2 aromatic rings. The standard InChI is InChI=1S/C20H27N3O2/c1-20(2,14-6-5-7-14)18(24)22-12-10-15(11-13-22)23-17-9-4-3-8-16(17)21-19(23)25/h3-4,8-9,14-15H,5-7,10-13H2,1-2H3,(H,21,25). The van der Waals surface area contributed by atoms with Gasteiger partial charge in [-0.1, -0.05) is 32.4 Å². The molecule has 1 aliphatic carbocycles. The van der Waals surface area contributed by atoms with Crippen LogP contribution in [0.2, 0.25) is 0 Å². The summed E-state index contributed by atoms with van der Waals surface area (Å²) in [5, 5.41) is 0. The summed E-state index contributed by atoms with van der Waals surface area (Å²) < 4.78 is 1.88. The maximum Gasteiger partial charge on any atom is 0.326 e. The lowest BCUT2D eigenvalue weighted by Crippen LogP contribution is -2.49. The summed E-state index contributed by atoms with van der Waals surface area (Å²) in [6.45, 7) is 5.70. The number of carbonyl (C=O) groups excluding carboxylic acids is 1. The molecule has 5 nitrogen and oxygen atoms in total. The van der Waals surface area contributed by atoms with Gasteiger partial charge in [-0.2, -0.15) is 0 Å². The van der Waals surface area contributed by atoms with E-state index in [9.17, 15) is 9.59 Å². The van der Waals surface area contributed by atoms with Crippen LogP contribution in [0.3, 0.4) is 0 Å². The van der Waals surface area contributed by atoms with E-state index >= 15 is 0 Å². The van der Waals surface area contributed by atoms with Crippen LogP contribution in [0, 0.1) is 11.3 Å². The lowest BCUT2D eigenvalue weighted by atomic mass is 9.66. The molecule has 1 aromatic heterocycles. The molecule has 2 aliphatic rings. The van der Waals surface area contributed by atoms with Gasteiger partial charge in [0.2, 0.25) is 5.91 Å². The van der Waals surface area contributed by atoms with Crippen molar-refractivity contribution in [2.75, 3.05) is 13.1 Å². The fourth-order valence-electron chi connectivity index (χ4n) is 4.48. The van der Waals surface area contributed by atoms with E-state index in [-0.39, 0.29) is 17.1 Å². The Morgan fingerprint density at radius 1 is 1.12 bits per heavy atom. The number of hydrogen-bond donors (Lipinski definition) is 1. The van der Waals surface area contributed by atoms with E-state index < -0.39 is 0 Å². The highest BCUT2D eigenvalue weighted by molar-refractivity contribution is 5.82. The minimum atomic E-state index is -0.247. The zero-order valence-corrected chi connectivity index (χ0v) is 15.1. The smallest absolute Gasteiger partial charge is 0.326 e. The predicted molar refractivity (Wildman–Crippen MR) is 98.5 cm³/mol. The van der Waals surface area contributed by atoms with Crippen LogP contribution in [-0.2, 0) is 4.79 Å². The summed E-state index contributed by atoms with van der Waals surface area (Å²) in [7, 11) is 0. The lowest BCUT2D eigenvalue weighted by molar-refractivity contribution is -0.146. The first-order chi connectivity index (χ1) is 12.0. The number of fused-ring (bicyclic) bond motifs is 1. The summed E-state index contributed by atoms with van der Waals surface area (Å²) >= 11 is 0. The summed E-state index contributed by atoms with van der Waals surface area (Å²) in [6.07, 6.45) is 5.30. The molecule has 25 heavy (non-hydrogen) atoms. The maximum atomic E-state index is 13.0. The summed E-state index contributed by atoms with van der Waals surface area (Å²) in [4.78, 5) is 30.3. The number of imidazole rings is 1. The van der Waals surface area contributed by atoms with Gasteiger partial charge >= 0.3 is 5.69 Å². The van der Waals surface area contributed by atoms with E-state index in [1.54, 1.807) is 0 Å². The number of carbonyl (C=O) groups is 1. The molecule has 1 amide bonds. The van der Waals surface area contributed by atoms with E-state index in [0.29, 0.717) is 11.8 Å². The molecule has 2 heterocycles. The van der Waals surface area contributed by atoms with Gasteiger partial charge in [-0.25, -0.2) is 4.79 Å². The number of benzene rings is 1. The Hall–Kier alpha value is -2.04. The molecular formula is C20H27N3O2. The topological polar surface area (TPSA) is 58.1 Å². The van der Waals surface area contributed by atoms with Gasteiger partial charge in [-0.3, -0.25) is 9.36 Å². The number of aromatic amines is 1. The number of piperidine rings is 1. The molecule has 1 saturated heterocycles. The largest absolute Gasteiger partial charge is 0.342 e. The summed E-state index contributed by atoms with van der Waals surface area (Å²) in [5.74, 6) is 0.830. The van der Waals surface area contributed by atoms with Crippen LogP contribution in [0.25, 0.3) is 11.0 Å². The molecule has 1 aliphatic heterocycles. The van der Waals surface area contributed by atoms with Gasteiger partial charge in [0.05, 0.1) is 11.0 Å². The van der Waals surface area contributed by atoms with Crippen molar-refractivity contribution in [1.82, 2.24) is 14.5 Å². The van der Waals surface area contributed by atoms with Gasteiger partial charge in [0, 0.05) is 24.5 Å². The minimum Gasteiger partial charge on any atom is -0.342 e. The monoisotopic (exact) mass is 341 g/mol. The molecule has 0 bridgehead atoms. The first kappa shape index (κ1) is 16.4. The second-order valence-electron chi connectivity index (χ2n) is 8.19. The van der Waals surface area contributed by atoms with E-state index in [1.807, 2.05) is 33.7 Å². The number of hydrogen-bond acceptors (Lipinski definition) is 2. The molecule has 1 aromatic carbocycles. The zero-order valence-electron chi connectivity index (χ0n) is 15.1. The Labute approximate surface area is 148 Å². The first-order valence-corrected chi connectivity index (χ1v) is 9.47. The number of nitrogens with zero attached hydrogens (tertiary/aromatic N) is 2. The predicted octanol–water partition coefficient (Wildman–Crippen LogP) is 3.32. The Morgan fingerprint density at radius 2 is 1.80 bits per heavy atom. The van der Waals surface area contributed by atoms with E-state index in [2.05, 4.69) is 18.8 Å². The van der Waals surface area contributed by atoms with Crippen molar-refractivity contribution >= 4 is 16.9 Å². The lowest BCUT2D eigenvalue weighted by Gasteiger charge is -2.43. The molecule has 2 fully saturated rings. The van der Waals surface area contributed by atoms with Crippen molar-refractivity contribution in [3.8, 4) is 0 Å².